The Morgan fingerprint density at radius 3 is 2.27 bits per heavy atom. The predicted octanol–water partition coefficient (Wildman–Crippen LogP) is 1.58. The van der Waals surface area contributed by atoms with Crippen LogP contribution < -0.4 is 0 Å². The lowest BCUT2D eigenvalue weighted by molar-refractivity contribution is -0.142. The second-order valence-electron chi connectivity index (χ2n) is 4.12. The maximum absolute atomic E-state index is 11.0. The first-order chi connectivity index (χ1) is 4.93. The summed E-state index contributed by atoms with van der Waals surface area (Å²) in [5.41, 5.74) is 0.0188. The second-order valence-corrected chi connectivity index (χ2v) is 4.12. The Kier molecular flexibility index (Phi) is 1.87. The predicted molar refractivity (Wildman–Crippen MR) is 42.2 cm³/mol. The molecule has 2 nitrogen and oxygen atoms in total. The number of carbonyl (C=O) groups excluding carboxylic acids is 2. The molecular formula is C9H14O2. The van der Waals surface area contributed by atoms with E-state index in [1.165, 1.54) is 0 Å². The molecule has 0 aromatic heterocycles. The Hall–Kier alpha value is -0.660. The number of rotatable bonds is 0. The van der Waals surface area contributed by atoms with Crippen LogP contribution in [0.3, 0.4) is 0 Å². The molecule has 0 radical (unpaired) electrons. The molecule has 1 saturated carbocycles. The van der Waals surface area contributed by atoms with E-state index < -0.39 is 0 Å². The first kappa shape index (κ1) is 8.44. The molecule has 11 heavy (non-hydrogen) atoms. The highest BCUT2D eigenvalue weighted by atomic mass is 16.2. The van der Waals surface area contributed by atoms with Crippen molar-refractivity contribution in [3.05, 3.63) is 0 Å². The molecular weight excluding hydrogens is 140 g/mol. The summed E-state index contributed by atoms with van der Waals surface area (Å²) in [6, 6.07) is 0. The van der Waals surface area contributed by atoms with Crippen molar-refractivity contribution in [1.29, 1.82) is 0 Å². The molecule has 1 aliphatic rings. The number of carbonyl (C=O) groups is 2. The Balaban J connectivity index is 2.78. The molecule has 0 amide bonds. The summed E-state index contributed by atoms with van der Waals surface area (Å²) < 4.78 is 0. The molecule has 0 aliphatic heterocycles. The summed E-state index contributed by atoms with van der Waals surface area (Å²) in [6.45, 7) is 6.12. The number of hydrogen-bond donors (Lipinski definition) is 0. The van der Waals surface area contributed by atoms with Crippen molar-refractivity contribution in [2.75, 3.05) is 0 Å². The second kappa shape index (κ2) is 2.43. The van der Waals surface area contributed by atoms with Gasteiger partial charge < -0.3 is 0 Å². The lowest BCUT2D eigenvalue weighted by atomic mass is 9.69. The third-order valence-electron chi connectivity index (χ3n) is 2.75. The molecule has 0 saturated heterocycles. The molecule has 0 bridgehead atoms. The van der Waals surface area contributed by atoms with Crippen LogP contribution >= 0.6 is 0 Å². The molecule has 1 atom stereocenters. The number of ketones is 2. The van der Waals surface area contributed by atoms with Crippen molar-refractivity contribution < 1.29 is 9.59 Å². The zero-order valence-corrected chi connectivity index (χ0v) is 7.31. The van der Waals surface area contributed by atoms with Crippen LogP contribution in [0, 0.1) is 11.3 Å². The van der Waals surface area contributed by atoms with Gasteiger partial charge in [-0.05, 0) is 11.3 Å². The van der Waals surface area contributed by atoms with E-state index in [0.717, 1.165) is 0 Å². The summed E-state index contributed by atoms with van der Waals surface area (Å²) in [4.78, 5) is 21.9. The van der Waals surface area contributed by atoms with Gasteiger partial charge in [-0.1, -0.05) is 20.8 Å². The smallest absolute Gasteiger partial charge is 0.198 e. The van der Waals surface area contributed by atoms with Crippen LogP contribution in [0.1, 0.15) is 33.6 Å². The normalized spacial score (nSPS) is 30.6. The van der Waals surface area contributed by atoms with Gasteiger partial charge in [0.15, 0.2) is 11.6 Å². The fourth-order valence-corrected chi connectivity index (χ4v) is 1.35. The van der Waals surface area contributed by atoms with Gasteiger partial charge >= 0.3 is 0 Å². The van der Waals surface area contributed by atoms with Crippen molar-refractivity contribution in [3.8, 4) is 0 Å². The largest absolute Gasteiger partial charge is 0.291 e. The highest BCUT2D eigenvalue weighted by molar-refractivity contribution is 6.37. The summed E-state index contributed by atoms with van der Waals surface area (Å²) in [6.07, 6.45) is 0.860. The van der Waals surface area contributed by atoms with Crippen molar-refractivity contribution in [1.82, 2.24) is 0 Å². The molecule has 0 heterocycles. The maximum Gasteiger partial charge on any atom is 0.198 e. The Morgan fingerprint density at radius 2 is 1.82 bits per heavy atom. The van der Waals surface area contributed by atoms with Crippen molar-refractivity contribution in [2.24, 2.45) is 11.3 Å². The molecule has 1 rings (SSSR count). The van der Waals surface area contributed by atoms with E-state index in [4.69, 9.17) is 0 Å². The Labute approximate surface area is 67.0 Å². The van der Waals surface area contributed by atoms with Gasteiger partial charge in [0.1, 0.15) is 0 Å². The molecule has 0 aromatic carbocycles. The molecule has 0 N–H and O–H groups in total. The third-order valence-corrected chi connectivity index (χ3v) is 2.75. The van der Waals surface area contributed by atoms with E-state index in [-0.39, 0.29) is 17.0 Å². The molecule has 2 heteroatoms. The minimum Gasteiger partial charge on any atom is -0.291 e. The van der Waals surface area contributed by atoms with Crippen LogP contribution in [0.25, 0.3) is 0 Å². The monoisotopic (exact) mass is 154 g/mol. The van der Waals surface area contributed by atoms with Gasteiger partial charge in [0.2, 0.25) is 0 Å². The molecule has 1 unspecified atom stereocenters. The van der Waals surface area contributed by atoms with Gasteiger partial charge in [-0.3, -0.25) is 9.59 Å². The first-order valence-electron chi connectivity index (χ1n) is 3.99. The SMILES string of the molecule is CC1CC(=O)C(=O)CC1(C)C. The zero-order valence-electron chi connectivity index (χ0n) is 7.31. The quantitative estimate of drug-likeness (QED) is 0.496. The lowest BCUT2D eigenvalue weighted by Crippen LogP contribution is -2.36. The molecule has 0 aromatic rings. The summed E-state index contributed by atoms with van der Waals surface area (Å²) in [5, 5.41) is 0. The summed E-state index contributed by atoms with van der Waals surface area (Å²) >= 11 is 0. The number of Topliss-reactive ketones (excluding diaryl/α,β-unsaturated/α-hetero) is 2. The standard InChI is InChI=1S/C9H14O2/c1-6-4-7(10)8(11)5-9(6,2)3/h6H,4-5H2,1-3H3. The van der Waals surface area contributed by atoms with Crippen LogP contribution in [0.2, 0.25) is 0 Å². The Bertz CT molecular complexity index is 204. The Morgan fingerprint density at radius 1 is 1.27 bits per heavy atom. The van der Waals surface area contributed by atoms with Crippen molar-refractivity contribution in [2.45, 2.75) is 33.6 Å². The van der Waals surface area contributed by atoms with E-state index in [9.17, 15) is 9.59 Å². The third kappa shape index (κ3) is 1.50. The van der Waals surface area contributed by atoms with E-state index in [2.05, 4.69) is 0 Å². The van der Waals surface area contributed by atoms with Crippen molar-refractivity contribution in [3.63, 3.8) is 0 Å². The highest BCUT2D eigenvalue weighted by Crippen LogP contribution is 2.36. The van der Waals surface area contributed by atoms with Gasteiger partial charge in [0.05, 0.1) is 0 Å². The molecule has 62 valence electrons. The van der Waals surface area contributed by atoms with Crippen LogP contribution in [-0.4, -0.2) is 11.6 Å². The van der Waals surface area contributed by atoms with Crippen LogP contribution in [0.5, 0.6) is 0 Å². The average Bonchev–Trinajstić information content (AvgIpc) is 1.83. The lowest BCUT2D eigenvalue weighted by Gasteiger charge is -2.34. The van der Waals surface area contributed by atoms with Gasteiger partial charge in [-0.2, -0.15) is 0 Å². The fourth-order valence-electron chi connectivity index (χ4n) is 1.35. The van der Waals surface area contributed by atoms with Crippen LogP contribution in [-0.2, 0) is 9.59 Å². The van der Waals surface area contributed by atoms with Crippen LogP contribution in [0.4, 0.5) is 0 Å². The van der Waals surface area contributed by atoms with Gasteiger partial charge in [0, 0.05) is 12.8 Å². The summed E-state index contributed by atoms with van der Waals surface area (Å²) in [7, 11) is 0. The van der Waals surface area contributed by atoms with E-state index in [1.807, 2.05) is 20.8 Å². The minimum atomic E-state index is -0.187. The molecule has 1 aliphatic carbocycles. The van der Waals surface area contributed by atoms with E-state index in [1.54, 1.807) is 0 Å². The average molecular weight is 154 g/mol. The highest BCUT2D eigenvalue weighted by Gasteiger charge is 2.37. The molecule has 1 fully saturated rings. The van der Waals surface area contributed by atoms with E-state index >= 15 is 0 Å². The van der Waals surface area contributed by atoms with E-state index in [0.29, 0.717) is 18.8 Å². The van der Waals surface area contributed by atoms with Gasteiger partial charge in [-0.15, -0.1) is 0 Å². The maximum atomic E-state index is 11.0. The summed E-state index contributed by atoms with van der Waals surface area (Å²) in [5.74, 6) is -0.0300. The fraction of sp³-hybridized carbons (Fsp3) is 0.778. The van der Waals surface area contributed by atoms with Gasteiger partial charge in [-0.25, -0.2) is 0 Å². The molecule has 0 spiro atoms. The topological polar surface area (TPSA) is 34.1 Å². The first-order valence-corrected chi connectivity index (χ1v) is 3.99. The minimum absolute atomic E-state index is 0.0188. The van der Waals surface area contributed by atoms with Crippen LogP contribution in [0.15, 0.2) is 0 Å². The zero-order chi connectivity index (χ0) is 8.65. The number of hydrogen-bond acceptors (Lipinski definition) is 2. The van der Waals surface area contributed by atoms with Gasteiger partial charge in [0.25, 0.3) is 0 Å². The van der Waals surface area contributed by atoms with Crippen molar-refractivity contribution >= 4 is 11.6 Å².